The Bertz CT molecular complexity index is 496. The van der Waals surface area contributed by atoms with Gasteiger partial charge in [0.2, 0.25) is 0 Å². The molecule has 2 rings (SSSR count). The molecule has 15 heavy (non-hydrogen) atoms. The maximum atomic E-state index is 5.85. The lowest BCUT2D eigenvalue weighted by Gasteiger charge is -2.07. The van der Waals surface area contributed by atoms with Crippen molar-refractivity contribution < 1.29 is 0 Å². The minimum atomic E-state index is 0.665. The number of halogens is 1. The van der Waals surface area contributed by atoms with Crippen LogP contribution in [0.5, 0.6) is 0 Å². The molecule has 0 radical (unpaired) electrons. The van der Waals surface area contributed by atoms with Crippen LogP contribution in [-0.2, 0) is 13.0 Å². The molecule has 0 unspecified atom stereocenters. The summed E-state index contributed by atoms with van der Waals surface area (Å²) in [5.74, 6) is 0. The molecule has 0 bridgehead atoms. The molecule has 1 nitrogen and oxygen atoms in total. The molecule has 78 valence electrons. The highest BCUT2D eigenvalue weighted by Gasteiger charge is 2.05. The SMILES string of the molecule is C=C(Cl)Cn1ccc2cccc(CC)c21. The Hall–Kier alpha value is -1.21. The minimum Gasteiger partial charge on any atom is -0.342 e. The maximum Gasteiger partial charge on any atom is 0.0577 e. The second-order valence-electron chi connectivity index (χ2n) is 3.67. The van der Waals surface area contributed by atoms with Crippen molar-refractivity contribution in [2.45, 2.75) is 19.9 Å². The Morgan fingerprint density at radius 2 is 2.20 bits per heavy atom. The van der Waals surface area contributed by atoms with Crippen LogP contribution in [-0.4, -0.2) is 4.57 Å². The van der Waals surface area contributed by atoms with Crippen molar-refractivity contribution in [1.82, 2.24) is 4.57 Å². The predicted octanol–water partition coefficient (Wildman–Crippen LogP) is 3.96. The van der Waals surface area contributed by atoms with Crippen LogP contribution >= 0.6 is 11.6 Å². The first-order chi connectivity index (χ1) is 7.22. The number of para-hydroxylation sites is 1. The Morgan fingerprint density at radius 1 is 1.40 bits per heavy atom. The molecule has 0 spiro atoms. The number of aromatic nitrogens is 1. The first kappa shape index (κ1) is 10.3. The van der Waals surface area contributed by atoms with E-state index in [1.54, 1.807) is 0 Å². The quantitative estimate of drug-likeness (QED) is 0.737. The van der Waals surface area contributed by atoms with Crippen LogP contribution in [0.3, 0.4) is 0 Å². The van der Waals surface area contributed by atoms with Gasteiger partial charge >= 0.3 is 0 Å². The van der Waals surface area contributed by atoms with Gasteiger partial charge in [-0.1, -0.05) is 43.3 Å². The van der Waals surface area contributed by atoms with E-state index in [2.05, 4.69) is 48.5 Å². The number of fused-ring (bicyclic) bond motifs is 1. The Morgan fingerprint density at radius 3 is 2.87 bits per heavy atom. The van der Waals surface area contributed by atoms with Crippen molar-refractivity contribution in [3.05, 3.63) is 47.6 Å². The summed E-state index contributed by atoms with van der Waals surface area (Å²) in [6.45, 7) is 6.59. The van der Waals surface area contributed by atoms with Crippen molar-refractivity contribution in [3.8, 4) is 0 Å². The summed E-state index contributed by atoms with van der Waals surface area (Å²) in [4.78, 5) is 0. The van der Waals surface area contributed by atoms with Gasteiger partial charge in [-0.2, -0.15) is 0 Å². The highest BCUT2D eigenvalue weighted by Crippen LogP contribution is 2.22. The summed E-state index contributed by atoms with van der Waals surface area (Å²) in [5, 5.41) is 1.94. The number of nitrogens with zero attached hydrogens (tertiary/aromatic N) is 1. The summed E-state index contributed by atoms with van der Waals surface area (Å²) in [6, 6.07) is 8.51. The molecule has 0 amide bonds. The fourth-order valence-corrected chi connectivity index (χ4v) is 2.07. The summed E-state index contributed by atoms with van der Waals surface area (Å²) in [6.07, 6.45) is 3.10. The van der Waals surface area contributed by atoms with E-state index in [0.29, 0.717) is 11.6 Å². The van der Waals surface area contributed by atoms with Gasteiger partial charge < -0.3 is 4.57 Å². The van der Waals surface area contributed by atoms with Gasteiger partial charge in [0, 0.05) is 11.2 Å². The van der Waals surface area contributed by atoms with Crippen LogP contribution in [0.15, 0.2) is 42.1 Å². The third-order valence-electron chi connectivity index (χ3n) is 2.59. The number of allylic oxidation sites excluding steroid dienone is 1. The highest BCUT2D eigenvalue weighted by atomic mass is 35.5. The third-order valence-corrected chi connectivity index (χ3v) is 2.71. The molecule has 2 heteroatoms. The van der Waals surface area contributed by atoms with Gasteiger partial charge in [-0.15, -0.1) is 0 Å². The number of benzene rings is 1. The molecule has 0 atom stereocenters. The van der Waals surface area contributed by atoms with Crippen LogP contribution in [0, 0.1) is 0 Å². The molecule has 0 aliphatic heterocycles. The summed E-state index contributed by atoms with van der Waals surface area (Å²) < 4.78 is 2.16. The number of hydrogen-bond donors (Lipinski definition) is 0. The monoisotopic (exact) mass is 219 g/mol. The molecule has 0 aliphatic carbocycles. The zero-order chi connectivity index (χ0) is 10.8. The van der Waals surface area contributed by atoms with E-state index in [4.69, 9.17) is 11.6 Å². The molecule has 1 aromatic heterocycles. The highest BCUT2D eigenvalue weighted by molar-refractivity contribution is 6.29. The smallest absolute Gasteiger partial charge is 0.0577 e. The molecule has 0 aliphatic rings. The lowest BCUT2D eigenvalue weighted by molar-refractivity contribution is 0.847. The van der Waals surface area contributed by atoms with Crippen LogP contribution in [0.25, 0.3) is 10.9 Å². The molecule has 0 saturated heterocycles. The standard InChI is InChI=1S/C13H14ClN/c1-3-11-5-4-6-12-7-8-15(13(11)12)9-10(2)14/h4-8H,2-3,9H2,1H3. The molecule has 2 aromatic rings. The Labute approximate surface area is 95.0 Å². The fourth-order valence-electron chi connectivity index (χ4n) is 1.94. The molecule has 1 heterocycles. The van der Waals surface area contributed by atoms with Gasteiger partial charge in [0.05, 0.1) is 12.1 Å². The zero-order valence-electron chi connectivity index (χ0n) is 8.83. The van der Waals surface area contributed by atoms with Crippen LogP contribution in [0.4, 0.5) is 0 Å². The Balaban J connectivity index is 2.60. The van der Waals surface area contributed by atoms with Gasteiger partial charge in [0.15, 0.2) is 0 Å². The van der Waals surface area contributed by atoms with Gasteiger partial charge in [-0.05, 0) is 23.4 Å². The van der Waals surface area contributed by atoms with E-state index in [1.807, 2.05) is 0 Å². The Kier molecular flexibility index (Phi) is 2.83. The van der Waals surface area contributed by atoms with Crippen LogP contribution in [0.1, 0.15) is 12.5 Å². The third kappa shape index (κ3) is 1.93. The van der Waals surface area contributed by atoms with E-state index >= 15 is 0 Å². The normalized spacial score (nSPS) is 10.8. The van der Waals surface area contributed by atoms with Crippen molar-refractivity contribution in [2.75, 3.05) is 0 Å². The fraction of sp³-hybridized carbons (Fsp3) is 0.231. The van der Waals surface area contributed by atoms with E-state index in [1.165, 1.54) is 16.5 Å². The van der Waals surface area contributed by atoms with Gasteiger partial charge in [-0.25, -0.2) is 0 Å². The minimum absolute atomic E-state index is 0.665. The van der Waals surface area contributed by atoms with E-state index in [-0.39, 0.29) is 0 Å². The van der Waals surface area contributed by atoms with Crippen LogP contribution < -0.4 is 0 Å². The molecule has 0 fully saturated rings. The molecular formula is C13H14ClN. The van der Waals surface area contributed by atoms with E-state index < -0.39 is 0 Å². The molecule has 1 aromatic carbocycles. The van der Waals surface area contributed by atoms with Gasteiger partial charge in [-0.3, -0.25) is 0 Å². The lowest BCUT2D eigenvalue weighted by Crippen LogP contribution is -1.97. The van der Waals surface area contributed by atoms with Gasteiger partial charge in [0.1, 0.15) is 0 Å². The largest absolute Gasteiger partial charge is 0.342 e. The van der Waals surface area contributed by atoms with E-state index in [0.717, 1.165) is 6.42 Å². The molecule has 0 N–H and O–H groups in total. The van der Waals surface area contributed by atoms with Crippen molar-refractivity contribution in [3.63, 3.8) is 0 Å². The average molecular weight is 220 g/mol. The van der Waals surface area contributed by atoms with Crippen molar-refractivity contribution in [1.29, 1.82) is 0 Å². The van der Waals surface area contributed by atoms with Gasteiger partial charge in [0.25, 0.3) is 0 Å². The first-order valence-electron chi connectivity index (χ1n) is 5.12. The van der Waals surface area contributed by atoms with Crippen molar-refractivity contribution >= 4 is 22.5 Å². The summed E-state index contributed by atoms with van der Waals surface area (Å²) in [7, 11) is 0. The average Bonchev–Trinajstić information content (AvgIpc) is 2.61. The predicted molar refractivity (Wildman–Crippen MR) is 66.3 cm³/mol. The maximum absolute atomic E-state index is 5.85. The number of aryl methyl sites for hydroxylation is 1. The van der Waals surface area contributed by atoms with E-state index in [9.17, 15) is 0 Å². The first-order valence-corrected chi connectivity index (χ1v) is 5.50. The zero-order valence-corrected chi connectivity index (χ0v) is 9.59. The lowest BCUT2D eigenvalue weighted by atomic mass is 10.1. The number of rotatable bonds is 3. The van der Waals surface area contributed by atoms with Crippen molar-refractivity contribution in [2.24, 2.45) is 0 Å². The topological polar surface area (TPSA) is 4.93 Å². The second-order valence-corrected chi connectivity index (χ2v) is 4.20. The molecular weight excluding hydrogens is 206 g/mol. The second kappa shape index (κ2) is 4.11. The molecule has 0 saturated carbocycles. The summed E-state index contributed by atoms with van der Waals surface area (Å²) in [5.41, 5.74) is 2.64. The number of hydrogen-bond acceptors (Lipinski definition) is 0. The van der Waals surface area contributed by atoms with Crippen LogP contribution in [0.2, 0.25) is 0 Å². The summed E-state index contributed by atoms with van der Waals surface area (Å²) >= 11 is 5.85.